The summed E-state index contributed by atoms with van der Waals surface area (Å²) in [6.45, 7) is 0. The number of hydrogen-bond acceptors (Lipinski definition) is 6. The lowest BCUT2D eigenvalue weighted by molar-refractivity contribution is -0.139. The summed E-state index contributed by atoms with van der Waals surface area (Å²) in [6, 6.07) is -1.58. The lowest BCUT2D eigenvalue weighted by Gasteiger charge is -2.13. The molecule has 0 fully saturated rings. The molecule has 0 aliphatic heterocycles. The Morgan fingerprint density at radius 1 is 1.39 bits per heavy atom. The van der Waals surface area contributed by atoms with Crippen molar-refractivity contribution in [1.82, 2.24) is 9.44 Å². The molecule has 10 nitrogen and oxygen atoms in total. The minimum absolute atomic E-state index is 0.322. The van der Waals surface area contributed by atoms with Crippen molar-refractivity contribution in [2.75, 3.05) is 7.11 Å². The Kier molecular flexibility index (Phi) is 6.05. The Hall–Kier alpha value is -1.88. The maximum atomic E-state index is 11.3. The van der Waals surface area contributed by atoms with Gasteiger partial charge in [-0.1, -0.05) is 0 Å². The molecule has 5 N–H and O–H groups in total. The van der Waals surface area contributed by atoms with E-state index in [1.165, 1.54) is 4.72 Å². The van der Waals surface area contributed by atoms with E-state index in [9.17, 15) is 22.8 Å². The van der Waals surface area contributed by atoms with Crippen molar-refractivity contribution < 1.29 is 32.6 Å². The third-order valence-electron chi connectivity index (χ3n) is 1.68. The molecule has 0 saturated carbocycles. The molecular weight excluding hydrogens is 270 g/mol. The molecule has 0 aromatic rings. The van der Waals surface area contributed by atoms with Crippen LogP contribution in [0.15, 0.2) is 0 Å². The molecule has 0 spiro atoms. The average Bonchev–Trinajstić information content (AvgIpc) is 2.22. The van der Waals surface area contributed by atoms with E-state index in [1.807, 2.05) is 0 Å². The Morgan fingerprint density at radius 3 is 2.33 bits per heavy atom. The van der Waals surface area contributed by atoms with Gasteiger partial charge >= 0.3 is 22.3 Å². The molecule has 0 rings (SSSR count). The molecule has 0 aromatic heterocycles. The van der Waals surface area contributed by atoms with Gasteiger partial charge in [-0.25, -0.2) is 9.52 Å². The normalized spacial score (nSPS) is 12.5. The number of carbonyl (C=O) groups is 3. The summed E-state index contributed by atoms with van der Waals surface area (Å²) in [5, 5.41) is 8.72. The second-order valence-electron chi connectivity index (χ2n) is 3.11. The quantitative estimate of drug-likeness (QED) is 0.415. The largest absolute Gasteiger partial charge is 0.480 e. The molecule has 0 aromatic carbocycles. The van der Waals surface area contributed by atoms with Crippen molar-refractivity contribution in [3.05, 3.63) is 0 Å². The Balaban J connectivity index is 4.62. The first-order chi connectivity index (χ1) is 8.18. The van der Waals surface area contributed by atoms with Gasteiger partial charge < -0.3 is 15.6 Å². The number of carboxylic acid groups (broad SMARTS) is 1. The van der Waals surface area contributed by atoms with Gasteiger partial charge in [0.05, 0.1) is 7.11 Å². The molecule has 0 saturated heterocycles. The van der Waals surface area contributed by atoms with Gasteiger partial charge in [-0.2, -0.15) is 13.1 Å². The van der Waals surface area contributed by atoms with Crippen LogP contribution in [-0.4, -0.2) is 44.6 Å². The van der Waals surface area contributed by atoms with Gasteiger partial charge in [0.1, 0.15) is 6.04 Å². The molecule has 0 aliphatic carbocycles. The van der Waals surface area contributed by atoms with Crippen LogP contribution in [0.3, 0.4) is 0 Å². The molecule has 1 unspecified atom stereocenters. The van der Waals surface area contributed by atoms with Crippen LogP contribution in [-0.2, 0) is 24.5 Å². The molecule has 104 valence electrons. The Morgan fingerprint density at radius 2 is 1.94 bits per heavy atom. The van der Waals surface area contributed by atoms with Crippen LogP contribution in [0.1, 0.15) is 12.8 Å². The van der Waals surface area contributed by atoms with Gasteiger partial charge in [0.2, 0.25) is 5.91 Å². The molecule has 0 radical (unpaired) electrons. The van der Waals surface area contributed by atoms with Crippen LogP contribution < -0.4 is 15.2 Å². The fourth-order valence-electron chi connectivity index (χ4n) is 0.888. The van der Waals surface area contributed by atoms with Crippen molar-refractivity contribution in [2.24, 2.45) is 5.73 Å². The monoisotopic (exact) mass is 283 g/mol. The van der Waals surface area contributed by atoms with E-state index in [-0.39, 0.29) is 12.8 Å². The predicted molar refractivity (Wildman–Crippen MR) is 57.4 cm³/mol. The van der Waals surface area contributed by atoms with Crippen LogP contribution in [0.25, 0.3) is 0 Å². The molecular formula is C7H13N3O7S. The van der Waals surface area contributed by atoms with E-state index in [0.29, 0.717) is 0 Å². The second-order valence-corrected chi connectivity index (χ2v) is 4.56. The number of ether oxygens (including phenoxy) is 1. The fraction of sp³-hybridized carbons (Fsp3) is 0.571. The van der Waals surface area contributed by atoms with Crippen molar-refractivity contribution in [2.45, 2.75) is 18.9 Å². The molecule has 18 heavy (non-hydrogen) atoms. The van der Waals surface area contributed by atoms with Gasteiger partial charge in [0.25, 0.3) is 0 Å². The van der Waals surface area contributed by atoms with Gasteiger partial charge in [0.15, 0.2) is 0 Å². The summed E-state index contributed by atoms with van der Waals surface area (Å²) < 4.78 is 29.6. The zero-order valence-electron chi connectivity index (χ0n) is 9.37. The zero-order valence-corrected chi connectivity index (χ0v) is 10.2. The number of methoxy groups -OCH3 is 1. The first-order valence-corrected chi connectivity index (χ1v) is 6.05. The fourth-order valence-corrected chi connectivity index (χ4v) is 1.84. The summed E-state index contributed by atoms with van der Waals surface area (Å²) in [4.78, 5) is 31.9. The van der Waals surface area contributed by atoms with E-state index >= 15 is 0 Å². The third-order valence-corrected chi connectivity index (χ3v) is 2.71. The standard InChI is InChI=1S/C7H13N3O7S/c1-17-7(14)10-18(15,16)9-4(6(12)13)2-3-5(8)11/h4,9H,2-3H2,1H3,(H2,8,11)(H,10,14)(H,12,13). The first-order valence-electron chi connectivity index (χ1n) is 4.57. The highest BCUT2D eigenvalue weighted by atomic mass is 32.2. The number of rotatable bonds is 7. The number of hydrogen-bond donors (Lipinski definition) is 4. The average molecular weight is 283 g/mol. The van der Waals surface area contributed by atoms with E-state index < -0.39 is 34.2 Å². The van der Waals surface area contributed by atoms with Crippen molar-refractivity contribution in [1.29, 1.82) is 0 Å². The number of primary amides is 1. The summed E-state index contributed by atoms with van der Waals surface area (Å²) in [7, 11) is -3.46. The Labute approximate surface area is 103 Å². The highest BCUT2D eigenvalue weighted by Gasteiger charge is 2.25. The topological polar surface area (TPSA) is 165 Å². The van der Waals surface area contributed by atoms with Crippen LogP contribution >= 0.6 is 0 Å². The van der Waals surface area contributed by atoms with Gasteiger partial charge in [0, 0.05) is 6.42 Å². The molecule has 2 amide bonds. The number of nitrogens with two attached hydrogens (primary N) is 1. The lowest BCUT2D eigenvalue weighted by Crippen LogP contribution is -2.48. The number of carbonyl (C=O) groups excluding carboxylic acids is 2. The van der Waals surface area contributed by atoms with Crippen LogP contribution in [0.5, 0.6) is 0 Å². The smallest absolute Gasteiger partial charge is 0.421 e. The molecule has 0 aliphatic rings. The number of amides is 2. The van der Waals surface area contributed by atoms with Gasteiger partial charge in [-0.05, 0) is 6.42 Å². The first kappa shape index (κ1) is 16.1. The summed E-state index contributed by atoms with van der Waals surface area (Å²) in [5.74, 6) is -2.28. The second kappa shape index (κ2) is 6.76. The molecule has 1 atom stereocenters. The van der Waals surface area contributed by atoms with Crippen molar-refractivity contribution >= 4 is 28.2 Å². The van der Waals surface area contributed by atoms with Crippen LogP contribution in [0.2, 0.25) is 0 Å². The maximum Gasteiger partial charge on any atom is 0.421 e. The van der Waals surface area contributed by atoms with Crippen molar-refractivity contribution in [3.63, 3.8) is 0 Å². The summed E-state index contributed by atoms with van der Waals surface area (Å²) in [6.07, 6.45) is -1.94. The minimum atomic E-state index is -4.39. The van der Waals surface area contributed by atoms with E-state index in [1.54, 1.807) is 4.72 Å². The summed E-state index contributed by atoms with van der Waals surface area (Å²) in [5.41, 5.74) is 4.81. The number of nitrogens with one attached hydrogen (secondary N) is 2. The van der Waals surface area contributed by atoms with E-state index in [0.717, 1.165) is 7.11 Å². The van der Waals surface area contributed by atoms with Crippen LogP contribution in [0, 0.1) is 0 Å². The highest BCUT2D eigenvalue weighted by molar-refractivity contribution is 7.88. The molecule has 0 heterocycles. The Bertz CT molecular complexity index is 432. The summed E-state index contributed by atoms with van der Waals surface area (Å²) >= 11 is 0. The molecule has 11 heteroatoms. The maximum absolute atomic E-state index is 11.3. The number of aliphatic carboxylic acids is 1. The van der Waals surface area contributed by atoms with E-state index in [4.69, 9.17) is 10.8 Å². The predicted octanol–water partition coefficient (Wildman–Crippen LogP) is -2.10. The SMILES string of the molecule is COC(=O)NS(=O)(=O)NC(CCC(N)=O)C(=O)O. The highest BCUT2D eigenvalue weighted by Crippen LogP contribution is 1.99. The van der Waals surface area contributed by atoms with Crippen molar-refractivity contribution in [3.8, 4) is 0 Å². The van der Waals surface area contributed by atoms with Gasteiger partial charge in [-0.15, -0.1) is 0 Å². The zero-order chi connectivity index (χ0) is 14.3. The van der Waals surface area contributed by atoms with Gasteiger partial charge in [-0.3, -0.25) is 9.59 Å². The van der Waals surface area contributed by atoms with Crippen LogP contribution in [0.4, 0.5) is 4.79 Å². The molecule has 0 bridgehead atoms. The number of carboxylic acids is 1. The minimum Gasteiger partial charge on any atom is -0.480 e. The lowest BCUT2D eigenvalue weighted by atomic mass is 10.2. The van der Waals surface area contributed by atoms with E-state index in [2.05, 4.69) is 4.74 Å². The third kappa shape index (κ3) is 6.65.